The number of carbonyl (C=O) groups excluding carboxylic acids is 1. The summed E-state index contributed by atoms with van der Waals surface area (Å²) in [5.74, 6) is 4.06. The molecular weight excluding hydrogens is 320 g/mol. The van der Waals surface area contributed by atoms with Gasteiger partial charge in [0.15, 0.2) is 0 Å². The van der Waals surface area contributed by atoms with Gasteiger partial charge in [0.1, 0.15) is 0 Å². The van der Waals surface area contributed by atoms with Gasteiger partial charge >= 0.3 is 5.97 Å². The van der Waals surface area contributed by atoms with E-state index in [1.54, 1.807) is 0 Å². The highest BCUT2D eigenvalue weighted by atomic mass is 16.5. The Balaban J connectivity index is 1.84. The van der Waals surface area contributed by atoms with Gasteiger partial charge in [-0.1, -0.05) is 52.7 Å². The average molecular weight is 363 g/mol. The number of esters is 1. The van der Waals surface area contributed by atoms with Crippen LogP contribution in [0.25, 0.3) is 0 Å². The Labute approximate surface area is 162 Å². The van der Waals surface area contributed by atoms with Crippen LogP contribution in [0, 0.1) is 40.9 Å². The molecule has 5 atom stereocenters. The standard InChI is InChI=1S/C24H42O2/c1-8-26-23(25)22-21(24(22,6)7)14-11-17(4)9-12-19-15-18(5)10-13-20(19)16(2)3/h9,16,18-22H,8,10-15H2,1-7H3/b17-9+. The van der Waals surface area contributed by atoms with Gasteiger partial charge in [-0.2, -0.15) is 0 Å². The first kappa shape index (κ1) is 21.5. The van der Waals surface area contributed by atoms with E-state index in [9.17, 15) is 4.79 Å². The molecule has 2 aliphatic carbocycles. The van der Waals surface area contributed by atoms with E-state index in [-0.39, 0.29) is 17.3 Å². The number of allylic oxidation sites excluding steroid dienone is 2. The molecule has 0 saturated heterocycles. The Morgan fingerprint density at radius 1 is 1.27 bits per heavy atom. The second-order valence-corrected chi connectivity index (χ2v) is 10.1. The predicted octanol–water partition coefficient (Wildman–Crippen LogP) is 6.65. The molecule has 2 heteroatoms. The molecule has 0 radical (unpaired) electrons. The van der Waals surface area contributed by atoms with Crippen LogP contribution in [0.3, 0.4) is 0 Å². The first-order valence-corrected chi connectivity index (χ1v) is 11.0. The Morgan fingerprint density at radius 2 is 1.96 bits per heavy atom. The summed E-state index contributed by atoms with van der Waals surface area (Å²) >= 11 is 0. The molecule has 0 aromatic carbocycles. The van der Waals surface area contributed by atoms with Gasteiger partial charge in [-0.25, -0.2) is 0 Å². The zero-order valence-corrected chi connectivity index (χ0v) is 18.3. The van der Waals surface area contributed by atoms with E-state index in [1.165, 1.54) is 31.3 Å². The molecule has 0 heterocycles. The fourth-order valence-electron chi connectivity index (χ4n) is 5.49. The first-order chi connectivity index (χ1) is 12.2. The fourth-order valence-corrected chi connectivity index (χ4v) is 5.49. The van der Waals surface area contributed by atoms with Crippen molar-refractivity contribution in [2.45, 2.75) is 87.0 Å². The van der Waals surface area contributed by atoms with Crippen molar-refractivity contribution in [3.05, 3.63) is 11.6 Å². The Hall–Kier alpha value is -0.790. The normalized spacial score (nSPS) is 34.0. The number of ether oxygens (including phenoxy) is 1. The molecule has 26 heavy (non-hydrogen) atoms. The molecular formula is C24H42O2. The van der Waals surface area contributed by atoms with E-state index < -0.39 is 0 Å². The van der Waals surface area contributed by atoms with Crippen LogP contribution in [-0.4, -0.2) is 12.6 Å². The quantitative estimate of drug-likeness (QED) is 0.357. The van der Waals surface area contributed by atoms with Gasteiger partial charge in [-0.3, -0.25) is 4.79 Å². The van der Waals surface area contributed by atoms with E-state index in [0.29, 0.717) is 12.5 Å². The maximum Gasteiger partial charge on any atom is 0.309 e. The van der Waals surface area contributed by atoms with Crippen molar-refractivity contribution in [2.24, 2.45) is 40.9 Å². The van der Waals surface area contributed by atoms with Crippen LogP contribution < -0.4 is 0 Å². The lowest BCUT2D eigenvalue weighted by Gasteiger charge is -2.37. The van der Waals surface area contributed by atoms with Crippen LogP contribution >= 0.6 is 0 Å². The summed E-state index contributed by atoms with van der Waals surface area (Å²) in [6.07, 6.45) is 10.2. The third kappa shape index (κ3) is 5.14. The van der Waals surface area contributed by atoms with E-state index >= 15 is 0 Å². The molecule has 0 aromatic rings. The van der Waals surface area contributed by atoms with Crippen LogP contribution in [0.4, 0.5) is 0 Å². The van der Waals surface area contributed by atoms with Crippen LogP contribution in [0.2, 0.25) is 0 Å². The highest BCUT2D eigenvalue weighted by Crippen LogP contribution is 2.61. The lowest BCUT2D eigenvalue weighted by molar-refractivity contribution is -0.145. The Morgan fingerprint density at radius 3 is 2.58 bits per heavy atom. The topological polar surface area (TPSA) is 26.3 Å². The smallest absolute Gasteiger partial charge is 0.309 e. The van der Waals surface area contributed by atoms with Gasteiger partial charge in [-0.05, 0) is 81.0 Å². The van der Waals surface area contributed by atoms with Crippen molar-refractivity contribution in [2.75, 3.05) is 6.61 Å². The maximum atomic E-state index is 12.1. The maximum absolute atomic E-state index is 12.1. The van der Waals surface area contributed by atoms with Crippen molar-refractivity contribution in [3.8, 4) is 0 Å². The molecule has 0 amide bonds. The van der Waals surface area contributed by atoms with Crippen molar-refractivity contribution in [1.82, 2.24) is 0 Å². The highest BCUT2D eigenvalue weighted by molar-refractivity contribution is 5.77. The molecule has 2 saturated carbocycles. The first-order valence-electron chi connectivity index (χ1n) is 11.0. The number of rotatable bonds is 8. The van der Waals surface area contributed by atoms with E-state index in [0.717, 1.165) is 36.5 Å². The van der Waals surface area contributed by atoms with E-state index in [2.05, 4.69) is 47.6 Å². The predicted molar refractivity (Wildman–Crippen MR) is 110 cm³/mol. The summed E-state index contributed by atoms with van der Waals surface area (Å²) in [5, 5.41) is 0. The molecule has 0 aromatic heterocycles. The fraction of sp³-hybridized carbons (Fsp3) is 0.875. The minimum Gasteiger partial charge on any atom is -0.466 e. The Kier molecular flexibility index (Phi) is 7.39. The van der Waals surface area contributed by atoms with Gasteiger partial charge in [0.25, 0.3) is 0 Å². The summed E-state index contributed by atoms with van der Waals surface area (Å²) in [4.78, 5) is 12.1. The molecule has 0 bridgehead atoms. The van der Waals surface area contributed by atoms with Crippen LogP contribution in [0.5, 0.6) is 0 Å². The summed E-state index contributed by atoms with van der Waals surface area (Å²) in [7, 11) is 0. The van der Waals surface area contributed by atoms with Crippen molar-refractivity contribution < 1.29 is 9.53 Å². The van der Waals surface area contributed by atoms with Crippen molar-refractivity contribution in [3.63, 3.8) is 0 Å². The SMILES string of the molecule is CCOC(=O)C1C(CC/C(C)=C/CC2CC(C)CCC2C(C)C)C1(C)C. The van der Waals surface area contributed by atoms with E-state index in [1.807, 2.05) is 6.92 Å². The monoisotopic (exact) mass is 362 g/mol. The third-order valence-electron chi connectivity index (χ3n) is 7.37. The molecule has 150 valence electrons. The van der Waals surface area contributed by atoms with Gasteiger partial charge in [0, 0.05) is 0 Å². The molecule has 0 N–H and O–H groups in total. The summed E-state index contributed by atoms with van der Waals surface area (Å²) in [6.45, 7) is 16.3. The Bertz CT molecular complexity index is 502. The van der Waals surface area contributed by atoms with Gasteiger partial charge in [0.05, 0.1) is 12.5 Å². The molecule has 5 unspecified atom stereocenters. The summed E-state index contributed by atoms with van der Waals surface area (Å²) in [6, 6.07) is 0. The van der Waals surface area contributed by atoms with E-state index in [4.69, 9.17) is 4.74 Å². The highest BCUT2D eigenvalue weighted by Gasteiger charge is 2.61. The number of hydrogen-bond donors (Lipinski definition) is 0. The largest absolute Gasteiger partial charge is 0.466 e. The zero-order chi connectivity index (χ0) is 19.5. The number of hydrogen-bond acceptors (Lipinski definition) is 2. The van der Waals surface area contributed by atoms with Gasteiger partial charge in [0.2, 0.25) is 0 Å². The molecule has 0 spiro atoms. The summed E-state index contributed by atoms with van der Waals surface area (Å²) in [5.41, 5.74) is 1.63. The second kappa shape index (κ2) is 8.93. The minimum atomic E-state index is 0.0140. The second-order valence-electron chi connectivity index (χ2n) is 10.1. The average Bonchev–Trinajstić information content (AvgIpc) is 3.11. The van der Waals surface area contributed by atoms with Gasteiger partial charge < -0.3 is 4.74 Å². The third-order valence-corrected chi connectivity index (χ3v) is 7.37. The van der Waals surface area contributed by atoms with Crippen LogP contribution in [-0.2, 0) is 9.53 Å². The van der Waals surface area contributed by atoms with Crippen molar-refractivity contribution in [1.29, 1.82) is 0 Å². The van der Waals surface area contributed by atoms with Crippen LogP contribution in [0.1, 0.15) is 87.0 Å². The molecule has 2 nitrogen and oxygen atoms in total. The van der Waals surface area contributed by atoms with Gasteiger partial charge in [-0.15, -0.1) is 0 Å². The molecule has 2 fully saturated rings. The number of carbonyl (C=O) groups is 1. The zero-order valence-electron chi connectivity index (χ0n) is 18.3. The minimum absolute atomic E-state index is 0.0140. The summed E-state index contributed by atoms with van der Waals surface area (Å²) < 4.78 is 5.26. The molecule has 2 aliphatic rings. The molecule has 0 aliphatic heterocycles. The van der Waals surface area contributed by atoms with Crippen molar-refractivity contribution >= 4 is 5.97 Å². The van der Waals surface area contributed by atoms with Crippen LogP contribution in [0.15, 0.2) is 11.6 Å². The lowest BCUT2D eigenvalue weighted by atomic mass is 9.69. The molecule has 2 rings (SSSR count). The lowest BCUT2D eigenvalue weighted by Crippen LogP contribution is -2.27.